The molecule has 2 heterocycles. The van der Waals surface area contributed by atoms with Crippen LogP contribution in [0, 0.1) is 20.8 Å². The molecule has 7 heteroatoms. The molecule has 0 saturated carbocycles. The number of hydrogen-bond acceptors (Lipinski definition) is 5. The van der Waals surface area contributed by atoms with E-state index in [2.05, 4.69) is 20.3 Å². The van der Waals surface area contributed by atoms with Gasteiger partial charge < -0.3 is 10.1 Å². The number of amides is 1. The maximum atomic E-state index is 12.3. The summed E-state index contributed by atoms with van der Waals surface area (Å²) in [6.07, 6.45) is 3.18. The molecular formula is C23H21N5O2. The van der Waals surface area contributed by atoms with Crippen LogP contribution in [0.5, 0.6) is 11.6 Å². The van der Waals surface area contributed by atoms with Gasteiger partial charge in [-0.25, -0.2) is 15.0 Å². The summed E-state index contributed by atoms with van der Waals surface area (Å²) in [7, 11) is 0. The lowest BCUT2D eigenvalue weighted by molar-refractivity contribution is 0.102. The molecule has 150 valence electrons. The minimum atomic E-state index is -0.157. The van der Waals surface area contributed by atoms with Crippen molar-refractivity contribution in [3.63, 3.8) is 0 Å². The van der Waals surface area contributed by atoms with Crippen LogP contribution in [0.25, 0.3) is 5.82 Å². The summed E-state index contributed by atoms with van der Waals surface area (Å²) in [5.74, 6) is 1.55. The normalized spacial score (nSPS) is 10.6. The number of aryl methyl sites for hydroxylation is 2. The van der Waals surface area contributed by atoms with E-state index in [1.165, 1.54) is 6.33 Å². The highest BCUT2D eigenvalue weighted by atomic mass is 16.5. The Balaban J connectivity index is 1.45. The van der Waals surface area contributed by atoms with Gasteiger partial charge in [-0.2, -0.15) is 0 Å². The van der Waals surface area contributed by atoms with Gasteiger partial charge in [0.15, 0.2) is 0 Å². The predicted molar refractivity (Wildman–Crippen MR) is 114 cm³/mol. The summed E-state index contributed by atoms with van der Waals surface area (Å²) in [5, 5.41) is 2.88. The third-order valence-electron chi connectivity index (χ3n) is 4.77. The molecule has 0 radical (unpaired) electrons. The molecule has 0 unspecified atom stereocenters. The molecular weight excluding hydrogens is 378 g/mol. The highest BCUT2D eigenvalue weighted by Gasteiger charge is 2.09. The van der Waals surface area contributed by atoms with Crippen LogP contribution in [-0.2, 0) is 0 Å². The Kier molecular flexibility index (Phi) is 5.26. The van der Waals surface area contributed by atoms with E-state index in [1.54, 1.807) is 48.8 Å². The molecule has 0 atom stereocenters. The summed E-state index contributed by atoms with van der Waals surface area (Å²) < 4.78 is 7.73. The van der Waals surface area contributed by atoms with Crippen molar-refractivity contribution in [2.24, 2.45) is 0 Å². The minimum absolute atomic E-state index is 0.157. The molecule has 1 amide bonds. The third kappa shape index (κ3) is 4.20. The van der Waals surface area contributed by atoms with Crippen LogP contribution in [0.15, 0.2) is 67.3 Å². The summed E-state index contributed by atoms with van der Waals surface area (Å²) >= 11 is 0. The highest BCUT2D eigenvalue weighted by molar-refractivity contribution is 6.04. The zero-order chi connectivity index (χ0) is 21.1. The first kappa shape index (κ1) is 19.3. The van der Waals surface area contributed by atoms with Gasteiger partial charge >= 0.3 is 0 Å². The molecule has 2 aromatic heterocycles. The first-order chi connectivity index (χ1) is 14.5. The SMILES string of the molecule is Cc1ccc(C(=O)Nc2ccc(Oc3cc(-n4cnc(C)c4C)ncn3)cc2)cc1. The van der Waals surface area contributed by atoms with E-state index >= 15 is 0 Å². The van der Waals surface area contributed by atoms with Crippen molar-refractivity contribution in [3.05, 3.63) is 89.8 Å². The number of aromatic nitrogens is 4. The average Bonchev–Trinajstić information content (AvgIpc) is 3.08. The summed E-state index contributed by atoms with van der Waals surface area (Å²) in [4.78, 5) is 25.1. The van der Waals surface area contributed by atoms with Crippen LogP contribution in [0.3, 0.4) is 0 Å². The first-order valence-corrected chi connectivity index (χ1v) is 9.48. The van der Waals surface area contributed by atoms with Gasteiger partial charge in [-0.3, -0.25) is 9.36 Å². The monoisotopic (exact) mass is 399 g/mol. The number of hydrogen-bond donors (Lipinski definition) is 1. The van der Waals surface area contributed by atoms with Crippen LogP contribution < -0.4 is 10.1 Å². The largest absolute Gasteiger partial charge is 0.439 e. The van der Waals surface area contributed by atoms with Crippen LogP contribution in [0.4, 0.5) is 5.69 Å². The molecule has 0 spiro atoms. The van der Waals surface area contributed by atoms with Crippen molar-refractivity contribution in [2.75, 3.05) is 5.32 Å². The molecule has 4 rings (SSSR count). The van der Waals surface area contributed by atoms with Crippen molar-refractivity contribution >= 4 is 11.6 Å². The molecule has 1 N–H and O–H groups in total. The Labute approximate surface area is 174 Å². The average molecular weight is 399 g/mol. The second kappa shape index (κ2) is 8.16. The first-order valence-electron chi connectivity index (χ1n) is 9.48. The van der Waals surface area contributed by atoms with Crippen molar-refractivity contribution in [2.45, 2.75) is 20.8 Å². The van der Waals surface area contributed by atoms with Gasteiger partial charge in [-0.05, 0) is 57.2 Å². The van der Waals surface area contributed by atoms with E-state index < -0.39 is 0 Å². The van der Waals surface area contributed by atoms with Gasteiger partial charge in [0, 0.05) is 23.0 Å². The number of benzene rings is 2. The van der Waals surface area contributed by atoms with E-state index in [0.717, 1.165) is 17.0 Å². The maximum absolute atomic E-state index is 12.3. The van der Waals surface area contributed by atoms with Crippen molar-refractivity contribution in [1.29, 1.82) is 0 Å². The fourth-order valence-corrected chi connectivity index (χ4v) is 2.88. The summed E-state index contributed by atoms with van der Waals surface area (Å²) in [5.41, 5.74) is 4.35. The fourth-order valence-electron chi connectivity index (χ4n) is 2.88. The molecule has 30 heavy (non-hydrogen) atoms. The van der Waals surface area contributed by atoms with Crippen molar-refractivity contribution in [3.8, 4) is 17.4 Å². The number of ether oxygens (including phenoxy) is 1. The third-order valence-corrected chi connectivity index (χ3v) is 4.77. The fraction of sp³-hybridized carbons (Fsp3) is 0.130. The van der Waals surface area contributed by atoms with Crippen LogP contribution in [0.2, 0.25) is 0 Å². The summed E-state index contributed by atoms with van der Waals surface area (Å²) in [6, 6.07) is 16.3. The minimum Gasteiger partial charge on any atom is -0.439 e. The number of carbonyl (C=O) groups excluding carboxylic acids is 1. The molecule has 0 aliphatic heterocycles. The number of imidazole rings is 1. The molecule has 0 bridgehead atoms. The Morgan fingerprint density at radius 2 is 1.67 bits per heavy atom. The molecule has 4 aromatic rings. The smallest absolute Gasteiger partial charge is 0.255 e. The van der Waals surface area contributed by atoms with Crippen molar-refractivity contribution < 1.29 is 9.53 Å². The predicted octanol–water partition coefficient (Wildman–Crippen LogP) is 4.63. The quantitative estimate of drug-likeness (QED) is 0.529. The van der Waals surface area contributed by atoms with Gasteiger partial charge in [-0.1, -0.05) is 17.7 Å². The van der Waals surface area contributed by atoms with E-state index in [4.69, 9.17) is 4.74 Å². The number of nitrogens with zero attached hydrogens (tertiary/aromatic N) is 4. The number of carbonyl (C=O) groups is 1. The van der Waals surface area contributed by atoms with Gasteiger partial charge in [-0.15, -0.1) is 0 Å². The molecule has 0 aliphatic carbocycles. The van der Waals surface area contributed by atoms with E-state index in [-0.39, 0.29) is 5.91 Å². The van der Waals surface area contributed by atoms with E-state index in [9.17, 15) is 4.79 Å². The lowest BCUT2D eigenvalue weighted by Gasteiger charge is -2.09. The zero-order valence-corrected chi connectivity index (χ0v) is 17.0. The molecule has 2 aromatic carbocycles. The lowest BCUT2D eigenvalue weighted by atomic mass is 10.1. The van der Waals surface area contributed by atoms with Crippen LogP contribution in [0.1, 0.15) is 27.3 Å². The number of anilines is 1. The number of rotatable bonds is 5. The Morgan fingerprint density at radius 3 is 2.33 bits per heavy atom. The van der Waals surface area contributed by atoms with Crippen molar-refractivity contribution in [1.82, 2.24) is 19.5 Å². The van der Waals surface area contributed by atoms with Gasteiger partial charge in [0.2, 0.25) is 5.88 Å². The zero-order valence-electron chi connectivity index (χ0n) is 17.0. The summed E-state index contributed by atoms with van der Waals surface area (Å²) in [6.45, 7) is 5.91. The Hall–Kier alpha value is -4.00. The Morgan fingerprint density at radius 1 is 0.933 bits per heavy atom. The second-order valence-electron chi connectivity index (χ2n) is 6.95. The van der Waals surface area contributed by atoms with E-state index in [1.807, 2.05) is 37.5 Å². The Bertz CT molecular complexity index is 1180. The second-order valence-corrected chi connectivity index (χ2v) is 6.95. The van der Waals surface area contributed by atoms with Crippen LogP contribution >= 0.6 is 0 Å². The highest BCUT2D eigenvalue weighted by Crippen LogP contribution is 2.23. The standard InChI is InChI=1S/C23H21N5O2/c1-15-4-6-18(7-5-15)23(29)27-19-8-10-20(11-9-19)30-22-12-21(24-13-25-22)28-14-26-16(2)17(28)3/h4-14H,1-3H3,(H,27,29). The molecule has 0 aliphatic rings. The maximum Gasteiger partial charge on any atom is 0.255 e. The molecule has 7 nitrogen and oxygen atoms in total. The van der Waals surface area contributed by atoms with E-state index in [0.29, 0.717) is 28.7 Å². The molecule has 0 fully saturated rings. The molecule has 0 saturated heterocycles. The topological polar surface area (TPSA) is 81.9 Å². The van der Waals surface area contributed by atoms with Gasteiger partial charge in [0.1, 0.15) is 24.2 Å². The van der Waals surface area contributed by atoms with Gasteiger partial charge in [0.05, 0.1) is 5.69 Å². The van der Waals surface area contributed by atoms with Gasteiger partial charge in [0.25, 0.3) is 5.91 Å². The van der Waals surface area contributed by atoms with Crippen LogP contribution in [-0.4, -0.2) is 25.4 Å². The number of nitrogens with one attached hydrogen (secondary N) is 1. The lowest BCUT2D eigenvalue weighted by Crippen LogP contribution is -2.11.